The molecule has 1 aromatic carbocycles. The minimum Gasteiger partial charge on any atom is -0.508 e. The first-order valence-electron chi connectivity index (χ1n) is 6.26. The van der Waals surface area contributed by atoms with Crippen molar-refractivity contribution in [3.8, 4) is 5.75 Å². The van der Waals surface area contributed by atoms with Gasteiger partial charge in [-0.15, -0.1) is 0 Å². The molecule has 0 heterocycles. The summed E-state index contributed by atoms with van der Waals surface area (Å²) in [6.45, 7) is 8.19. The van der Waals surface area contributed by atoms with Gasteiger partial charge in [0.05, 0.1) is 0 Å². The van der Waals surface area contributed by atoms with Gasteiger partial charge < -0.3 is 10.2 Å². The molecule has 0 bridgehead atoms. The first-order valence-corrected chi connectivity index (χ1v) is 6.26. The van der Waals surface area contributed by atoms with Gasteiger partial charge in [-0.2, -0.15) is 0 Å². The van der Waals surface area contributed by atoms with Crippen molar-refractivity contribution in [2.45, 2.75) is 52.4 Å². The van der Waals surface area contributed by atoms with E-state index < -0.39 is 5.97 Å². The number of aromatic hydroxyl groups is 1. The second kappa shape index (κ2) is 5.42. The number of hydrogen-bond acceptors (Lipinski definition) is 2. The van der Waals surface area contributed by atoms with Crippen molar-refractivity contribution < 1.29 is 15.0 Å². The van der Waals surface area contributed by atoms with Crippen LogP contribution in [0.3, 0.4) is 0 Å². The Morgan fingerprint density at radius 2 is 1.89 bits per heavy atom. The van der Waals surface area contributed by atoms with Crippen LogP contribution in [0.2, 0.25) is 0 Å². The smallest absolute Gasteiger partial charge is 0.303 e. The average molecular weight is 250 g/mol. The minimum atomic E-state index is -0.775. The molecule has 0 saturated carbocycles. The molecule has 1 rings (SSSR count). The Hall–Kier alpha value is -1.51. The van der Waals surface area contributed by atoms with Gasteiger partial charge in [-0.3, -0.25) is 4.79 Å². The van der Waals surface area contributed by atoms with Crippen LogP contribution in [0, 0.1) is 6.92 Å². The molecule has 18 heavy (non-hydrogen) atoms. The summed E-state index contributed by atoms with van der Waals surface area (Å²) in [5, 5.41) is 18.7. The lowest BCUT2D eigenvalue weighted by Gasteiger charge is -2.22. The topological polar surface area (TPSA) is 57.5 Å². The lowest BCUT2D eigenvalue weighted by molar-refractivity contribution is -0.137. The van der Waals surface area contributed by atoms with Gasteiger partial charge in [-0.05, 0) is 47.9 Å². The number of carboxylic acid groups (broad SMARTS) is 1. The normalized spacial score (nSPS) is 11.6. The summed E-state index contributed by atoms with van der Waals surface area (Å²) in [5.74, 6) is -0.471. The Morgan fingerprint density at radius 3 is 2.39 bits per heavy atom. The number of carboxylic acids is 1. The number of rotatable bonds is 4. The molecular formula is C15H22O3. The largest absolute Gasteiger partial charge is 0.508 e. The Bertz CT molecular complexity index is 442. The third kappa shape index (κ3) is 3.76. The van der Waals surface area contributed by atoms with E-state index in [4.69, 9.17) is 5.11 Å². The summed E-state index contributed by atoms with van der Waals surface area (Å²) in [5.41, 5.74) is 2.99. The lowest BCUT2D eigenvalue weighted by Crippen LogP contribution is -2.12. The van der Waals surface area contributed by atoms with Crippen molar-refractivity contribution in [1.82, 2.24) is 0 Å². The second-order valence-corrected chi connectivity index (χ2v) is 5.79. The summed E-state index contributed by atoms with van der Waals surface area (Å²) in [7, 11) is 0. The quantitative estimate of drug-likeness (QED) is 0.861. The molecule has 0 aliphatic heterocycles. The molecule has 0 aromatic heterocycles. The number of hydrogen-bond donors (Lipinski definition) is 2. The summed E-state index contributed by atoms with van der Waals surface area (Å²) in [6.07, 6.45) is 1.46. The molecule has 100 valence electrons. The molecule has 0 radical (unpaired) electrons. The van der Waals surface area contributed by atoms with Gasteiger partial charge in [0.15, 0.2) is 0 Å². The Balaban J connectivity index is 2.90. The molecule has 2 N–H and O–H groups in total. The van der Waals surface area contributed by atoms with Crippen LogP contribution in [-0.2, 0) is 16.6 Å². The molecule has 3 heteroatoms. The molecule has 0 atom stereocenters. The fourth-order valence-corrected chi connectivity index (χ4v) is 2.04. The van der Waals surface area contributed by atoms with Crippen molar-refractivity contribution in [2.24, 2.45) is 0 Å². The van der Waals surface area contributed by atoms with Crippen LogP contribution in [-0.4, -0.2) is 16.2 Å². The summed E-state index contributed by atoms with van der Waals surface area (Å²) in [6, 6.07) is 3.78. The van der Waals surface area contributed by atoms with E-state index in [2.05, 4.69) is 20.8 Å². The van der Waals surface area contributed by atoms with Gasteiger partial charge in [0, 0.05) is 6.42 Å². The fraction of sp³-hybridized carbons (Fsp3) is 0.533. The van der Waals surface area contributed by atoms with E-state index in [0.29, 0.717) is 18.6 Å². The SMILES string of the molecule is Cc1cc(C(C)(C)C)c(O)cc1CCCC(=O)O. The molecule has 0 spiro atoms. The van der Waals surface area contributed by atoms with Crippen molar-refractivity contribution in [3.05, 3.63) is 28.8 Å². The molecule has 0 saturated heterocycles. The third-order valence-electron chi connectivity index (χ3n) is 3.10. The van der Waals surface area contributed by atoms with Gasteiger partial charge in [0.1, 0.15) is 5.75 Å². The van der Waals surface area contributed by atoms with Gasteiger partial charge in [0.25, 0.3) is 0 Å². The molecule has 1 aromatic rings. The van der Waals surface area contributed by atoms with Crippen LogP contribution >= 0.6 is 0 Å². The van der Waals surface area contributed by atoms with Crippen molar-refractivity contribution >= 4 is 5.97 Å². The molecule has 0 aliphatic rings. The van der Waals surface area contributed by atoms with Crippen LogP contribution in [0.4, 0.5) is 0 Å². The highest BCUT2D eigenvalue weighted by Crippen LogP contribution is 2.33. The van der Waals surface area contributed by atoms with E-state index in [0.717, 1.165) is 16.7 Å². The second-order valence-electron chi connectivity index (χ2n) is 5.79. The Morgan fingerprint density at radius 1 is 1.28 bits per heavy atom. The van der Waals surface area contributed by atoms with E-state index in [1.54, 1.807) is 6.07 Å². The van der Waals surface area contributed by atoms with Gasteiger partial charge >= 0.3 is 5.97 Å². The maximum absolute atomic E-state index is 10.5. The van der Waals surface area contributed by atoms with Crippen LogP contribution in [0.15, 0.2) is 12.1 Å². The summed E-state index contributed by atoms with van der Waals surface area (Å²) in [4.78, 5) is 10.5. The van der Waals surface area contributed by atoms with E-state index in [1.807, 2.05) is 13.0 Å². The summed E-state index contributed by atoms with van der Waals surface area (Å²) < 4.78 is 0. The van der Waals surface area contributed by atoms with E-state index in [1.165, 1.54) is 0 Å². The van der Waals surface area contributed by atoms with Crippen LogP contribution in [0.5, 0.6) is 5.75 Å². The zero-order chi connectivity index (χ0) is 13.9. The lowest BCUT2D eigenvalue weighted by atomic mass is 9.84. The molecule has 0 aliphatic carbocycles. The monoisotopic (exact) mass is 250 g/mol. The maximum Gasteiger partial charge on any atom is 0.303 e. The van der Waals surface area contributed by atoms with Gasteiger partial charge in [-0.1, -0.05) is 26.8 Å². The molecule has 3 nitrogen and oxygen atoms in total. The number of benzene rings is 1. The highest BCUT2D eigenvalue weighted by Gasteiger charge is 2.19. The number of aliphatic carboxylic acids is 1. The Labute approximate surface area is 108 Å². The van der Waals surface area contributed by atoms with Crippen LogP contribution < -0.4 is 0 Å². The first-order chi connectivity index (χ1) is 8.21. The van der Waals surface area contributed by atoms with E-state index in [-0.39, 0.29) is 11.8 Å². The van der Waals surface area contributed by atoms with Gasteiger partial charge in [-0.25, -0.2) is 0 Å². The third-order valence-corrected chi connectivity index (χ3v) is 3.10. The minimum absolute atomic E-state index is 0.0889. The van der Waals surface area contributed by atoms with Crippen molar-refractivity contribution in [1.29, 1.82) is 0 Å². The number of carbonyl (C=O) groups is 1. The van der Waals surface area contributed by atoms with Gasteiger partial charge in [0.2, 0.25) is 0 Å². The number of phenolic OH excluding ortho intramolecular Hbond substituents is 1. The summed E-state index contributed by atoms with van der Waals surface area (Å²) >= 11 is 0. The zero-order valence-electron chi connectivity index (χ0n) is 11.6. The van der Waals surface area contributed by atoms with Crippen LogP contribution in [0.1, 0.15) is 50.3 Å². The number of aryl methyl sites for hydroxylation is 2. The maximum atomic E-state index is 10.5. The standard InChI is InChI=1S/C15H22O3/c1-10-8-12(15(2,3)4)13(16)9-11(10)6-5-7-14(17)18/h8-9,16H,5-7H2,1-4H3,(H,17,18). The first kappa shape index (κ1) is 14.6. The molecule has 0 fully saturated rings. The van der Waals surface area contributed by atoms with Crippen LogP contribution in [0.25, 0.3) is 0 Å². The van der Waals surface area contributed by atoms with Crippen molar-refractivity contribution in [2.75, 3.05) is 0 Å². The van der Waals surface area contributed by atoms with E-state index >= 15 is 0 Å². The molecular weight excluding hydrogens is 228 g/mol. The Kier molecular flexibility index (Phi) is 4.38. The van der Waals surface area contributed by atoms with Crippen molar-refractivity contribution in [3.63, 3.8) is 0 Å². The molecule has 0 unspecified atom stereocenters. The zero-order valence-corrected chi connectivity index (χ0v) is 11.6. The van der Waals surface area contributed by atoms with E-state index in [9.17, 15) is 9.90 Å². The average Bonchev–Trinajstić information content (AvgIpc) is 2.20. The molecule has 0 amide bonds. The fourth-order valence-electron chi connectivity index (χ4n) is 2.04. The predicted octanol–water partition coefficient (Wildman–Crippen LogP) is 3.41. The predicted molar refractivity (Wildman–Crippen MR) is 72.1 cm³/mol. The number of phenols is 1. The highest BCUT2D eigenvalue weighted by atomic mass is 16.4. The highest BCUT2D eigenvalue weighted by molar-refractivity contribution is 5.66.